The molecule has 2 unspecified atom stereocenters. The van der Waals surface area contributed by atoms with Gasteiger partial charge in [0.05, 0.1) is 4.92 Å². The molecule has 0 fully saturated rings. The van der Waals surface area contributed by atoms with E-state index < -0.39 is 10.7 Å². The van der Waals surface area contributed by atoms with Gasteiger partial charge in [-0.25, -0.2) is 0 Å². The number of hydrogen-bond acceptors (Lipinski definition) is 6. The molecule has 0 aromatic heterocycles. The molecule has 0 spiro atoms. The van der Waals surface area contributed by atoms with Crippen LogP contribution in [-0.4, -0.2) is 16.7 Å². The van der Waals surface area contributed by atoms with Crippen molar-refractivity contribution in [2.75, 3.05) is 0 Å². The number of rotatable bonds is 4. The molecule has 0 radical (unpaired) electrons. The fourth-order valence-corrected chi connectivity index (χ4v) is 3.62. The fourth-order valence-electron chi connectivity index (χ4n) is 3.62. The van der Waals surface area contributed by atoms with Crippen molar-refractivity contribution in [3.05, 3.63) is 56.6 Å². The monoisotopic (exact) mass is 399 g/mol. The van der Waals surface area contributed by atoms with Crippen molar-refractivity contribution in [3.8, 4) is 17.2 Å². The second-order valence-corrected chi connectivity index (χ2v) is 7.68. The molecule has 7 heteroatoms. The van der Waals surface area contributed by atoms with E-state index in [-0.39, 0.29) is 17.6 Å². The first-order chi connectivity index (χ1) is 13.5. The number of nitrogens with zero attached hydrogens (tertiary/aromatic N) is 1. The summed E-state index contributed by atoms with van der Waals surface area (Å²) in [7, 11) is 0. The first-order valence-electron chi connectivity index (χ1n) is 9.47. The van der Waals surface area contributed by atoms with E-state index in [4.69, 9.17) is 14.2 Å². The van der Waals surface area contributed by atoms with Crippen LogP contribution in [0.1, 0.15) is 43.0 Å². The highest BCUT2D eigenvalue weighted by Gasteiger charge is 2.42. The first kappa shape index (κ1) is 20.6. The first-order valence-corrected chi connectivity index (χ1v) is 9.47. The van der Waals surface area contributed by atoms with Gasteiger partial charge in [-0.15, -0.1) is 0 Å². The summed E-state index contributed by atoms with van der Waals surface area (Å²) in [4.78, 5) is 21.9. The molecule has 29 heavy (non-hydrogen) atoms. The number of carbonyl (C=O) groups is 1. The standard InChI is InChI=1S/C22H25NO6/c1-12-11-19-15(4)20(27-16(5)24)13(2)14(3)21(19)29-22(12,6)28-18-9-7-17(8-10-18)23(25)26/h7-10,12H,11H2,1-6H3. The highest BCUT2D eigenvalue weighted by molar-refractivity contribution is 5.72. The van der Waals surface area contributed by atoms with Crippen molar-refractivity contribution < 1.29 is 23.9 Å². The molecule has 0 saturated heterocycles. The molecule has 1 aliphatic rings. The third-order valence-electron chi connectivity index (χ3n) is 5.64. The number of esters is 1. The summed E-state index contributed by atoms with van der Waals surface area (Å²) < 4.78 is 18.0. The van der Waals surface area contributed by atoms with Gasteiger partial charge in [0.25, 0.3) is 11.5 Å². The lowest BCUT2D eigenvalue weighted by Crippen LogP contribution is -2.49. The van der Waals surface area contributed by atoms with Crippen molar-refractivity contribution in [2.24, 2.45) is 5.92 Å². The maximum Gasteiger partial charge on any atom is 0.308 e. The van der Waals surface area contributed by atoms with Crippen LogP contribution in [0.2, 0.25) is 0 Å². The van der Waals surface area contributed by atoms with Crippen LogP contribution in [0, 0.1) is 36.8 Å². The Morgan fingerprint density at radius 2 is 1.79 bits per heavy atom. The van der Waals surface area contributed by atoms with Gasteiger partial charge in [-0.2, -0.15) is 0 Å². The minimum atomic E-state index is -0.949. The Morgan fingerprint density at radius 1 is 1.17 bits per heavy atom. The lowest BCUT2D eigenvalue weighted by atomic mass is 9.85. The van der Waals surface area contributed by atoms with Gasteiger partial charge in [0.1, 0.15) is 17.2 Å². The van der Waals surface area contributed by atoms with Gasteiger partial charge in [0.2, 0.25) is 0 Å². The molecule has 2 atom stereocenters. The third kappa shape index (κ3) is 3.77. The Morgan fingerprint density at radius 3 is 2.34 bits per heavy atom. The molecular weight excluding hydrogens is 374 g/mol. The predicted octanol–water partition coefficient (Wildman–Crippen LogP) is 4.81. The van der Waals surface area contributed by atoms with Gasteiger partial charge >= 0.3 is 5.97 Å². The summed E-state index contributed by atoms with van der Waals surface area (Å²) in [6.45, 7) is 11.0. The molecule has 0 saturated carbocycles. The molecule has 2 aromatic rings. The third-order valence-corrected chi connectivity index (χ3v) is 5.64. The lowest BCUT2D eigenvalue weighted by molar-refractivity contribution is -0.384. The molecular formula is C22H25NO6. The highest BCUT2D eigenvalue weighted by atomic mass is 16.7. The summed E-state index contributed by atoms with van der Waals surface area (Å²) in [6, 6.07) is 5.96. The zero-order valence-corrected chi connectivity index (χ0v) is 17.5. The van der Waals surface area contributed by atoms with E-state index in [1.54, 1.807) is 12.1 Å². The van der Waals surface area contributed by atoms with Crippen LogP contribution < -0.4 is 14.2 Å². The zero-order valence-electron chi connectivity index (χ0n) is 17.5. The molecule has 0 amide bonds. The van der Waals surface area contributed by atoms with E-state index in [0.717, 1.165) is 28.0 Å². The number of nitro benzene ring substituents is 1. The van der Waals surface area contributed by atoms with Crippen LogP contribution in [0.15, 0.2) is 24.3 Å². The van der Waals surface area contributed by atoms with Crippen LogP contribution >= 0.6 is 0 Å². The number of ether oxygens (including phenoxy) is 3. The number of non-ortho nitro benzene ring substituents is 1. The maximum atomic E-state index is 11.5. The average molecular weight is 399 g/mol. The Labute approximate surface area is 169 Å². The molecule has 1 aliphatic heterocycles. The van der Waals surface area contributed by atoms with E-state index in [0.29, 0.717) is 17.9 Å². The van der Waals surface area contributed by atoms with Crippen molar-refractivity contribution >= 4 is 11.7 Å². The van der Waals surface area contributed by atoms with Crippen LogP contribution in [0.5, 0.6) is 17.2 Å². The van der Waals surface area contributed by atoms with E-state index in [2.05, 4.69) is 0 Å². The quantitative estimate of drug-likeness (QED) is 0.317. The Bertz CT molecular complexity index is 982. The zero-order chi connectivity index (χ0) is 21.5. The summed E-state index contributed by atoms with van der Waals surface area (Å²) in [5.41, 5.74) is 3.64. The summed E-state index contributed by atoms with van der Waals surface area (Å²) >= 11 is 0. The Kier molecular flexibility index (Phi) is 5.26. The smallest absolute Gasteiger partial charge is 0.308 e. The number of fused-ring (bicyclic) bond motifs is 1. The lowest BCUT2D eigenvalue weighted by Gasteiger charge is -2.42. The second-order valence-electron chi connectivity index (χ2n) is 7.68. The van der Waals surface area contributed by atoms with Gasteiger partial charge in [0.15, 0.2) is 0 Å². The summed E-state index contributed by atoms with van der Waals surface area (Å²) in [5.74, 6) is 0.497. The van der Waals surface area contributed by atoms with Gasteiger partial charge < -0.3 is 14.2 Å². The highest BCUT2D eigenvalue weighted by Crippen LogP contribution is 2.46. The van der Waals surface area contributed by atoms with E-state index in [1.165, 1.54) is 19.1 Å². The minimum Gasteiger partial charge on any atom is -0.452 e. The van der Waals surface area contributed by atoms with Gasteiger partial charge in [-0.1, -0.05) is 6.92 Å². The molecule has 0 aliphatic carbocycles. The number of nitro groups is 1. The van der Waals surface area contributed by atoms with Crippen molar-refractivity contribution in [1.29, 1.82) is 0 Å². The number of benzene rings is 2. The molecule has 154 valence electrons. The molecule has 3 rings (SSSR count). The Hall–Kier alpha value is -3.09. The topological polar surface area (TPSA) is 87.9 Å². The van der Waals surface area contributed by atoms with Crippen LogP contribution in [0.3, 0.4) is 0 Å². The van der Waals surface area contributed by atoms with E-state index in [9.17, 15) is 14.9 Å². The largest absolute Gasteiger partial charge is 0.452 e. The Balaban J connectivity index is 1.97. The van der Waals surface area contributed by atoms with Crippen molar-refractivity contribution in [3.63, 3.8) is 0 Å². The number of carbonyl (C=O) groups excluding carboxylic acids is 1. The number of hydrogen-bond donors (Lipinski definition) is 0. The minimum absolute atomic E-state index is 0.00514. The van der Waals surface area contributed by atoms with Crippen LogP contribution in [0.25, 0.3) is 0 Å². The van der Waals surface area contributed by atoms with E-state index in [1.807, 2.05) is 34.6 Å². The van der Waals surface area contributed by atoms with Crippen LogP contribution in [-0.2, 0) is 11.2 Å². The van der Waals surface area contributed by atoms with Crippen molar-refractivity contribution in [2.45, 2.75) is 53.8 Å². The SMILES string of the molecule is CC(=O)Oc1c(C)c(C)c2c(c1C)CC(C)C(C)(Oc1ccc([N+](=O)[O-])cc1)O2. The predicted molar refractivity (Wildman–Crippen MR) is 108 cm³/mol. The normalized spacial score (nSPS) is 20.4. The van der Waals surface area contributed by atoms with Crippen molar-refractivity contribution in [1.82, 2.24) is 0 Å². The second kappa shape index (κ2) is 7.39. The van der Waals surface area contributed by atoms with Gasteiger partial charge in [-0.05, 0) is 56.0 Å². The average Bonchev–Trinajstić information content (AvgIpc) is 2.65. The summed E-state index contributed by atoms with van der Waals surface area (Å²) in [6.07, 6.45) is 0.681. The maximum absolute atomic E-state index is 11.5. The summed E-state index contributed by atoms with van der Waals surface area (Å²) in [5, 5.41) is 10.9. The molecule has 7 nitrogen and oxygen atoms in total. The molecule has 0 bridgehead atoms. The van der Waals surface area contributed by atoms with Crippen LogP contribution in [0.4, 0.5) is 5.69 Å². The van der Waals surface area contributed by atoms with Gasteiger partial charge in [0, 0.05) is 37.5 Å². The fraction of sp³-hybridized carbons (Fsp3) is 0.409. The van der Waals surface area contributed by atoms with Gasteiger partial charge in [-0.3, -0.25) is 14.9 Å². The molecule has 1 heterocycles. The molecule has 0 N–H and O–H groups in total. The molecule has 2 aromatic carbocycles. The van der Waals surface area contributed by atoms with E-state index >= 15 is 0 Å².